The van der Waals surface area contributed by atoms with Crippen molar-refractivity contribution in [2.75, 3.05) is 17.7 Å². The summed E-state index contributed by atoms with van der Waals surface area (Å²) in [5, 5.41) is 17.5. The molecule has 36 heavy (non-hydrogen) atoms. The number of carbonyl (C=O) groups is 2. The molecule has 3 aromatic heterocycles. The van der Waals surface area contributed by atoms with Crippen LogP contribution in [0, 0.1) is 0 Å². The molecule has 1 aromatic carbocycles. The van der Waals surface area contributed by atoms with Crippen LogP contribution in [0.2, 0.25) is 15.1 Å². The Morgan fingerprint density at radius 2 is 1.92 bits per heavy atom. The van der Waals surface area contributed by atoms with E-state index in [4.69, 9.17) is 39.5 Å². The molecule has 0 spiro atoms. The minimum absolute atomic E-state index is 0.0587. The van der Waals surface area contributed by atoms with Crippen molar-refractivity contribution in [1.29, 1.82) is 0 Å². The van der Waals surface area contributed by atoms with Crippen molar-refractivity contribution in [1.82, 2.24) is 14.5 Å². The van der Waals surface area contributed by atoms with Crippen LogP contribution in [0.15, 0.2) is 48.4 Å². The molecule has 0 fully saturated rings. The average molecular weight is 567 g/mol. The Hall–Kier alpha value is -3.15. The maximum atomic E-state index is 13.2. The third kappa shape index (κ3) is 5.63. The number of halogens is 3. The third-order valence-corrected chi connectivity index (χ3v) is 7.06. The summed E-state index contributed by atoms with van der Waals surface area (Å²) in [6.07, 6.45) is 4.51. The lowest BCUT2D eigenvalue weighted by Gasteiger charge is -2.15. The first-order chi connectivity index (χ1) is 17.3. The fourth-order valence-electron chi connectivity index (χ4n) is 3.30. The van der Waals surface area contributed by atoms with Crippen molar-refractivity contribution in [3.8, 4) is 5.75 Å². The van der Waals surface area contributed by atoms with Gasteiger partial charge in [0.1, 0.15) is 16.4 Å². The van der Waals surface area contributed by atoms with E-state index in [1.807, 2.05) is 0 Å². The number of carbonyl (C=O) groups excluding carboxylic acids is 2. The van der Waals surface area contributed by atoms with Crippen molar-refractivity contribution >= 4 is 69.5 Å². The lowest BCUT2D eigenvalue weighted by Crippen LogP contribution is -2.19. The van der Waals surface area contributed by atoms with Crippen molar-refractivity contribution in [3.05, 3.63) is 85.1 Å². The molecule has 186 valence electrons. The van der Waals surface area contributed by atoms with E-state index in [2.05, 4.69) is 20.6 Å². The average Bonchev–Trinajstić information content (AvgIpc) is 3.47. The Labute approximate surface area is 224 Å². The molecule has 0 aliphatic rings. The summed E-state index contributed by atoms with van der Waals surface area (Å²) in [5.74, 6) is -0.670. The van der Waals surface area contributed by atoms with Gasteiger partial charge in [-0.15, -0.1) is 11.3 Å². The number of imidazole rings is 1. The van der Waals surface area contributed by atoms with Gasteiger partial charge in [-0.1, -0.05) is 34.8 Å². The van der Waals surface area contributed by atoms with Gasteiger partial charge < -0.3 is 25.0 Å². The number of aromatic nitrogens is 3. The molecule has 4 rings (SSSR count). The van der Waals surface area contributed by atoms with Gasteiger partial charge in [0.2, 0.25) is 0 Å². The monoisotopic (exact) mass is 565 g/mol. The van der Waals surface area contributed by atoms with Crippen LogP contribution in [-0.2, 0) is 13.2 Å². The Morgan fingerprint density at radius 3 is 2.61 bits per heavy atom. The molecule has 13 heteroatoms. The highest BCUT2D eigenvalue weighted by molar-refractivity contribution is 7.13. The number of ether oxygens (including phenoxy) is 1. The molecule has 0 saturated carbocycles. The number of amides is 2. The number of aliphatic hydroxyl groups is 1. The molecule has 9 nitrogen and oxygen atoms in total. The fourth-order valence-corrected chi connectivity index (χ4v) is 4.86. The Balaban J connectivity index is 1.61. The lowest BCUT2D eigenvalue weighted by atomic mass is 10.1. The second kappa shape index (κ2) is 11.3. The van der Waals surface area contributed by atoms with E-state index in [1.165, 1.54) is 31.5 Å². The van der Waals surface area contributed by atoms with Gasteiger partial charge >= 0.3 is 0 Å². The minimum Gasteiger partial charge on any atom is -0.494 e. The molecular formula is C23H18Cl3N5O4S. The molecule has 0 saturated heterocycles. The number of methoxy groups -OCH3 is 1. The van der Waals surface area contributed by atoms with E-state index < -0.39 is 11.8 Å². The van der Waals surface area contributed by atoms with Crippen molar-refractivity contribution < 1.29 is 19.4 Å². The number of anilines is 2. The molecule has 0 atom stereocenters. The number of hydrogen-bond donors (Lipinski definition) is 3. The number of benzene rings is 1. The van der Waals surface area contributed by atoms with Crippen LogP contribution in [0.4, 0.5) is 11.5 Å². The van der Waals surface area contributed by atoms with Gasteiger partial charge in [0, 0.05) is 22.8 Å². The van der Waals surface area contributed by atoms with Crippen LogP contribution in [0.1, 0.15) is 31.3 Å². The second-order valence-electron chi connectivity index (χ2n) is 7.38. The normalized spacial score (nSPS) is 10.8. The predicted molar refractivity (Wildman–Crippen MR) is 140 cm³/mol. The van der Waals surface area contributed by atoms with E-state index >= 15 is 0 Å². The zero-order chi connectivity index (χ0) is 25.8. The second-order valence-corrected chi connectivity index (χ2v) is 9.51. The van der Waals surface area contributed by atoms with Crippen molar-refractivity contribution in [2.24, 2.45) is 0 Å². The van der Waals surface area contributed by atoms with E-state index in [1.54, 1.807) is 28.5 Å². The maximum Gasteiger partial charge on any atom is 0.267 e. The standard InChI is InChI=1S/C23H18Cl3N5O4S/c1-35-17-5-14(25)4-16(22(33)29-18-3-2-13(24)6-28-18)20(17)30-23(34)21-19(26)12(10-36-21)8-31-11-27-7-15(31)9-32/h2-7,10-11,32H,8-9H2,1H3,(H,30,34)(H,28,29,33). The highest BCUT2D eigenvalue weighted by Gasteiger charge is 2.23. The maximum absolute atomic E-state index is 13.2. The number of rotatable bonds is 8. The summed E-state index contributed by atoms with van der Waals surface area (Å²) in [7, 11) is 1.39. The first-order valence-corrected chi connectivity index (χ1v) is 12.3. The molecule has 0 unspecified atom stereocenters. The smallest absolute Gasteiger partial charge is 0.267 e. The molecule has 0 aliphatic heterocycles. The largest absolute Gasteiger partial charge is 0.494 e. The van der Waals surface area contributed by atoms with E-state index in [0.717, 1.165) is 11.3 Å². The topological polar surface area (TPSA) is 118 Å². The van der Waals surface area contributed by atoms with Crippen molar-refractivity contribution in [3.63, 3.8) is 0 Å². The molecule has 3 heterocycles. The quantitative estimate of drug-likeness (QED) is 0.264. The number of hydrogen-bond acceptors (Lipinski definition) is 7. The highest BCUT2D eigenvalue weighted by atomic mass is 35.5. The summed E-state index contributed by atoms with van der Waals surface area (Å²) in [5.41, 5.74) is 1.46. The SMILES string of the molecule is COc1cc(Cl)cc(C(=O)Nc2ccc(Cl)cn2)c1NC(=O)c1scc(Cn2cncc2CO)c1Cl. The van der Waals surface area contributed by atoms with Crippen LogP contribution < -0.4 is 15.4 Å². The molecule has 3 N–H and O–H groups in total. The number of pyridine rings is 1. The predicted octanol–water partition coefficient (Wildman–Crippen LogP) is 5.35. The molecule has 2 amide bonds. The summed E-state index contributed by atoms with van der Waals surface area (Å²) in [6, 6.07) is 6.00. The molecule has 0 bridgehead atoms. The number of nitrogens with one attached hydrogen (secondary N) is 2. The third-order valence-electron chi connectivity index (χ3n) is 5.05. The fraction of sp³-hybridized carbons (Fsp3) is 0.130. The molecule has 0 aliphatic carbocycles. The first-order valence-electron chi connectivity index (χ1n) is 10.3. The van der Waals surface area contributed by atoms with E-state index in [0.29, 0.717) is 22.8 Å². The lowest BCUT2D eigenvalue weighted by molar-refractivity contribution is 0.102. The zero-order valence-corrected chi connectivity index (χ0v) is 21.7. The zero-order valence-electron chi connectivity index (χ0n) is 18.6. The van der Waals surface area contributed by atoms with Gasteiger partial charge in [-0.25, -0.2) is 9.97 Å². The van der Waals surface area contributed by atoms with Gasteiger partial charge in [0.05, 0.1) is 59.8 Å². The van der Waals surface area contributed by atoms with Gasteiger partial charge in [-0.05, 0) is 23.6 Å². The van der Waals surface area contributed by atoms with Crippen molar-refractivity contribution in [2.45, 2.75) is 13.2 Å². The Bertz CT molecular complexity index is 1420. The van der Waals surface area contributed by atoms with Gasteiger partial charge in [0.25, 0.3) is 11.8 Å². The van der Waals surface area contributed by atoms with Gasteiger partial charge in [-0.3, -0.25) is 9.59 Å². The molecular weight excluding hydrogens is 549 g/mol. The van der Waals surface area contributed by atoms with Crippen LogP contribution in [0.25, 0.3) is 0 Å². The van der Waals surface area contributed by atoms with Crippen LogP contribution >= 0.6 is 46.1 Å². The minimum atomic E-state index is -0.574. The van der Waals surface area contributed by atoms with Crippen LogP contribution in [-0.4, -0.2) is 38.6 Å². The Kier molecular flexibility index (Phi) is 8.12. The summed E-state index contributed by atoms with van der Waals surface area (Å²) in [4.78, 5) is 34.6. The van der Waals surface area contributed by atoms with Crippen LogP contribution in [0.3, 0.4) is 0 Å². The first kappa shape index (κ1) is 25.9. The summed E-state index contributed by atoms with van der Waals surface area (Å²) < 4.78 is 7.10. The summed E-state index contributed by atoms with van der Waals surface area (Å²) >= 11 is 19.7. The summed E-state index contributed by atoms with van der Waals surface area (Å²) in [6.45, 7) is 0.145. The van der Waals surface area contributed by atoms with E-state index in [-0.39, 0.29) is 44.3 Å². The number of aliphatic hydroxyl groups excluding tert-OH is 1. The molecule has 4 aromatic rings. The van der Waals surface area contributed by atoms with Gasteiger partial charge in [-0.2, -0.15) is 0 Å². The number of thiophene rings is 1. The van der Waals surface area contributed by atoms with Gasteiger partial charge in [0.15, 0.2) is 0 Å². The van der Waals surface area contributed by atoms with Crippen LogP contribution in [0.5, 0.6) is 5.75 Å². The molecule has 0 radical (unpaired) electrons. The number of nitrogens with zero attached hydrogens (tertiary/aromatic N) is 3. The Morgan fingerprint density at radius 1 is 1.11 bits per heavy atom. The van der Waals surface area contributed by atoms with E-state index in [9.17, 15) is 14.7 Å². The highest BCUT2D eigenvalue weighted by Crippen LogP contribution is 2.35.